The first-order valence-electron chi connectivity index (χ1n) is 9.57. The van der Waals surface area contributed by atoms with Gasteiger partial charge in [0, 0.05) is 12.6 Å². The third-order valence-electron chi connectivity index (χ3n) is 4.84. The summed E-state index contributed by atoms with van der Waals surface area (Å²) in [4.78, 5) is 18.8. The van der Waals surface area contributed by atoms with E-state index in [9.17, 15) is 18.0 Å². The van der Waals surface area contributed by atoms with Crippen LogP contribution in [0.5, 0.6) is 5.88 Å². The number of aromatic nitrogens is 1. The van der Waals surface area contributed by atoms with E-state index in [2.05, 4.69) is 4.98 Å². The number of nitrogens with two attached hydrogens (primary N) is 1. The minimum Gasteiger partial charge on any atom is -0.481 e. The van der Waals surface area contributed by atoms with Crippen molar-refractivity contribution in [3.63, 3.8) is 0 Å². The number of benzene rings is 2. The van der Waals surface area contributed by atoms with E-state index in [0.29, 0.717) is 29.1 Å². The van der Waals surface area contributed by atoms with E-state index in [-0.39, 0.29) is 12.5 Å². The lowest BCUT2D eigenvalue weighted by Gasteiger charge is -2.26. The van der Waals surface area contributed by atoms with Gasteiger partial charge in [0.2, 0.25) is 11.8 Å². The fourth-order valence-electron chi connectivity index (χ4n) is 3.09. The fourth-order valence-corrected chi connectivity index (χ4v) is 3.09. The summed E-state index contributed by atoms with van der Waals surface area (Å²) in [6.45, 7) is 0.221. The summed E-state index contributed by atoms with van der Waals surface area (Å²) in [5, 5.41) is 0. The van der Waals surface area contributed by atoms with Crippen LogP contribution in [-0.4, -0.2) is 24.5 Å². The first-order valence-corrected chi connectivity index (χ1v) is 9.57. The van der Waals surface area contributed by atoms with Gasteiger partial charge in [-0.15, -0.1) is 0 Å². The average Bonchev–Trinajstić information content (AvgIpc) is 2.79. The van der Waals surface area contributed by atoms with E-state index in [1.165, 1.54) is 30.3 Å². The van der Waals surface area contributed by atoms with Crippen LogP contribution in [0.3, 0.4) is 0 Å². The highest BCUT2D eigenvalue weighted by atomic mass is 19.4. The number of methoxy groups -OCH3 is 1. The Balaban J connectivity index is 1.82. The molecule has 2 aromatic carbocycles. The highest BCUT2D eigenvalue weighted by Gasteiger charge is 2.30. The molecule has 31 heavy (non-hydrogen) atoms. The van der Waals surface area contributed by atoms with Crippen molar-refractivity contribution in [1.82, 2.24) is 4.98 Å². The van der Waals surface area contributed by atoms with Crippen LogP contribution in [0.4, 0.5) is 18.9 Å². The van der Waals surface area contributed by atoms with Gasteiger partial charge in [-0.1, -0.05) is 42.5 Å². The Hall–Kier alpha value is -3.39. The standard InChI is InChI=1S/C23H22F3N3O2/c1-31-20-12-11-19(15-28-20)29(22(30)21(27)17-5-3-2-4-6-17)14-13-16-7-9-18(10-8-16)23(24,25)26/h2-12,15,21H,13-14,27H2,1H3. The van der Waals surface area contributed by atoms with Crippen LogP contribution in [-0.2, 0) is 17.4 Å². The zero-order valence-corrected chi connectivity index (χ0v) is 16.8. The summed E-state index contributed by atoms with van der Waals surface area (Å²) in [6.07, 6.45) is -2.55. The molecule has 1 aromatic heterocycles. The van der Waals surface area contributed by atoms with Crippen LogP contribution in [0.1, 0.15) is 22.7 Å². The molecular formula is C23H22F3N3O2. The first-order chi connectivity index (χ1) is 14.8. The predicted molar refractivity (Wildman–Crippen MR) is 112 cm³/mol. The van der Waals surface area contributed by atoms with Gasteiger partial charge >= 0.3 is 6.18 Å². The molecule has 1 heterocycles. The fraction of sp³-hybridized carbons (Fsp3) is 0.217. The molecule has 0 saturated heterocycles. The number of ether oxygens (including phenoxy) is 1. The van der Waals surface area contributed by atoms with Gasteiger partial charge in [-0.3, -0.25) is 4.79 Å². The Kier molecular flexibility index (Phi) is 6.91. The summed E-state index contributed by atoms with van der Waals surface area (Å²) < 4.78 is 43.4. The van der Waals surface area contributed by atoms with Crippen molar-refractivity contribution in [2.24, 2.45) is 5.73 Å². The molecule has 0 aliphatic heterocycles. The molecule has 0 radical (unpaired) electrons. The van der Waals surface area contributed by atoms with Gasteiger partial charge < -0.3 is 15.4 Å². The normalized spacial score (nSPS) is 12.3. The zero-order chi connectivity index (χ0) is 22.4. The van der Waals surface area contributed by atoms with Crippen molar-refractivity contribution < 1.29 is 22.7 Å². The molecule has 1 amide bonds. The molecule has 0 aliphatic carbocycles. The largest absolute Gasteiger partial charge is 0.481 e. The van der Waals surface area contributed by atoms with Gasteiger partial charge in [0.15, 0.2) is 0 Å². The van der Waals surface area contributed by atoms with Crippen LogP contribution in [0.2, 0.25) is 0 Å². The summed E-state index contributed by atoms with van der Waals surface area (Å²) in [7, 11) is 1.49. The number of hydrogen-bond donors (Lipinski definition) is 1. The van der Waals surface area contributed by atoms with Gasteiger partial charge in [-0.05, 0) is 35.7 Å². The Morgan fingerprint density at radius 1 is 1.06 bits per heavy atom. The maximum Gasteiger partial charge on any atom is 0.416 e. The molecule has 0 spiro atoms. The van der Waals surface area contributed by atoms with Crippen molar-refractivity contribution in [2.45, 2.75) is 18.6 Å². The molecule has 2 N–H and O–H groups in total. The lowest BCUT2D eigenvalue weighted by atomic mass is 10.0. The van der Waals surface area contributed by atoms with Crippen molar-refractivity contribution >= 4 is 11.6 Å². The minimum absolute atomic E-state index is 0.221. The molecule has 0 aliphatic rings. The molecule has 3 aromatic rings. The van der Waals surface area contributed by atoms with E-state index in [0.717, 1.165) is 12.1 Å². The van der Waals surface area contributed by atoms with Gasteiger partial charge in [0.1, 0.15) is 6.04 Å². The molecule has 0 saturated carbocycles. The molecular weight excluding hydrogens is 407 g/mol. The second-order valence-corrected chi connectivity index (χ2v) is 6.88. The number of anilines is 1. The predicted octanol–water partition coefficient (Wildman–Crippen LogP) is 4.38. The average molecular weight is 429 g/mol. The number of alkyl halides is 3. The van der Waals surface area contributed by atoms with Gasteiger partial charge in [0.05, 0.1) is 24.6 Å². The number of nitrogens with zero attached hydrogens (tertiary/aromatic N) is 2. The number of carbonyl (C=O) groups is 1. The van der Waals surface area contributed by atoms with Crippen molar-refractivity contribution in [3.05, 3.63) is 89.6 Å². The van der Waals surface area contributed by atoms with Crippen LogP contribution in [0.15, 0.2) is 72.9 Å². The highest BCUT2D eigenvalue weighted by molar-refractivity contribution is 5.97. The Labute approximate surface area is 178 Å². The number of amides is 1. The van der Waals surface area contributed by atoms with Crippen LogP contribution < -0.4 is 15.4 Å². The van der Waals surface area contributed by atoms with E-state index < -0.39 is 17.8 Å². The lowest BCUT2D eigenvalue weighted by Crippen LogP contribution is -2.40. The molecule has 0 fully saturated rings. The van der Waals surface area contributed by atoms with E-state index >= 15 is 0 Å². The van der Waals surface area contributed by atoms with Gasteiger partial charge in [0.25, 0.3) is 0 Å². The summed E-state index contributed by atoms with van der Waals surface area (Å²) in [5.41, 5.74) is 7.34. The Morgan fingerprint density at radius 2 is 1.74 bits per heavy atom. The third kappa shape index (κ3) is 5.61. The zero-order valence-electron chi connectivity index (χ0n) is 16.8. The smallest absolute Gasteiger partial charge is 0.416 e. The summed E-state index contributed by atoms with van der Waals surface area (Å²) in [6, 6.07) is 16.3. The van der Waals surface area contributed by atoms with Crippen molar-refractivity contribution in [2.75, 3.05) is 18.6 Å². The molecule has 162 valence electrons. The molecule has 1 atom stereocenters. The molecule has 1 unspecified atom stereocenters. The lowest BCUT2D eigenvalue weighted by molar-refractivity contribution is -0.137. The van der Waals surface area contributed by atoms with Crippen molar-refractivity contribution in [3.8, 4) is 5.88 Å². The monoisotopic (exact) mass is 429 g/mol. The number of carbonyl (C=O) groups excluding carboxylic acids is 1. The maximum absolute atomic E-state index is 13.2. The quantitative estimate of drug-likeness (QED) is 0.605. The second kappa shape index (κ2) is 9.61. The molecule has 3 rings (SSSR count). The Bertz CT molecular complexity index is 991. The second-order valence-electron chi connectivity index (χ2n) is 6.88. The number of pyridine rings is 1. The highest BCUT2D eigenvalue weighted by Crippen LogP contribution is 2.29. The number of hydrogen-bond acceptors (Lipinski definition) is 4. The molecule has 5 nitrogen and oxygen atoms in total. The van der Waals surface area contributed by atoms with Crippen LogP contribution in [0.25, 0.3) is 0 Å². The summed E-state index contributed by atoms with van der Waals surface area (Å²) >= 11 is 0. The molecule has 8 heteroatoms. The Morgan fingerprint density at radius 3 is 2.29 bits per heavy atom. The van der Waals surface area contributed by atoms with Crippen LogP contribution >= 0.6 is 0 Å². The van der Waals surface area contributed by atoms with Gasteiger partial charge in [-0.25, -0.2) is 4.98 Å². The van der Waals surface area contributed by atoms with E-state index in [4.69, 9.17) is 10.5 Å². The topological polar surface area (TPSA) is 68.5 Å². The minimum atomic E-state index is -4.39. The maximum atomic E-state index is 13.2. The van der Waals surface area contributed by atoms with Crippen LogP contribution in [0, 0.1) is 0 Å². The summed E-state index contributed by atoms with van der Waals surface area (Å²) in [5.74, 6) is 0.0522. The van der Waals surface area contributed by atoms with E-state index in [1.807, 2.05) is 6.07 Å². The van der Waals surface area contributed by atoms with Crippen molar-refractivity contribution in [1.29, 1.82) is 0 Å². The molecule has 0 bridgehead atoms. The SMILES string of the molecule is COc1ccc(N(CCc2ccc(C(F)(F)F)cc2)C(=O)C(N)c2ccccc2)cn1. The van der Waals surface area contributed by atoms with E-state index in [1.54, 1.807) is 36.4 Å². The first kappa shape index (κ1) is 22.3. The third-order valence-corrected chi connectivity index (χ3v) is 4.84. The number of halogens is 3. The van der Waals surface area contributed by atoms with Gasteiger partial charge in [-0.2, -0.15) is 13.2 Å². The number of rotatable bonds is 7.